The number of carboxylic acids is 1. The minimum Gasteiger partial charge on any atom is -0.481 e. The lowest BCUT2D eigenvalue weighted by atomic mass is 9.63. The van der Waals surface area contributed by atoms with Gasteiger partial charge in [0, 0.05) is 13.1 Å². The molecule has 1 aromatic carbocycles. The molecule has 118 valence electrons. The van der Waals surface area contributed by atoms with E-state index in [-0.39, 0.29) is 18.3 Å². The average molecular weight is 305 g/mol. The molecule has 1 amide bonds. The first kappa shape index (κ1) is 15.0. The summed E-state index contributed by atoms with van der Waals surface area (Å²) in [7, 11) is 0. The molecular formula is C17H20FNO3. The van der Waals surface area contributed by atoms with Gasteiger partial charge in [0.05, 0.1) is 11.3 Å². The summed E-state index contributed by atoms with van der Waals surface area (Å²) in [5.74, 6) is -1.69. The van der Waals surface area contributed by atoms with Gasteiger partial charge in [0.1, 0.15) is 5.82 Å². The Morgan fingerprint density at radius 3 is 2.64 bits per heavy atom. The van der Waals surface area contributed by atoms with E-state index in [0.717, 1.165) is 12.0 Å². The maximum atomic E-state index is 13.5. The highest BCUT2D eigenvalue weighted by atomic mass is 19.1. The van der Waals surface area contributed by atoms with Gasteiger partial charge in [0.2, 0.25) is 5.91 Å². The summed E-state index contributed by atoms with van der Waals surface area (Å²) in [5.41, 5.74) is 0.0730. The lowest BCUT2D eigenvalue weighted by molar-refractivity contribution is -0.149. The molecule has 5 heteroatoms. The number of likely N-dealkylation sites (tertiary alicyclic amines) is 1. The Morgan fingerprint density at radius 1 is 1.27 bits per heavy atom. The number of nitrogens with zero attached hydrogens (tertiary/aromatic N) is 1. The van der Waals surface area contributed by atoms with Gasteiger partial charge in [-0.15, -0.1) is 0 Å². The van der Waals surface area contributed by atoms with Crippen LogP contribution in [-0.4, -0.2) is 35.0 Å². The van der Waals surface area contributed by atoms with Crippen LogP contribution < -0.4 is 0 Å². The van der Waals surface area contributed by atoms with Crippen LogP contribution in [0.4, 0.5) is 4.39 Å². The molecule has 1 saturated carbocycles. The third kappa shape index (κ3) is 2.49. The number of aliphatic carboxylic acids is 1. The number of carbonyl (C=O) groups excluding carboxylic acids is 1. The van der Waals surface area contributed by atoms with Crippen LogP contribution >= 0.6 is 0 Å². The fourth-order valence-electron chi connectivity index (χ4n) is 3.61. The summed E-state index contributed by atoms with van der Waals surface area (Å²) in [5, 5.41) is 9.18. The van der Waals surface area contributed by atoms with Gasteiger partial charge in [0.15, 0.2) is 0 Å². The van der Waals surface area contributed by atoms with Crippen molar-refractivity contribution in [3.8, 4) is 0 Å². The van der Waals surface area contributed by atoms with Crippen LogP contribution in [0.15, 0.2) is 24.3 Å². The Balaban J connectivity index is 1.84. The summed E-state index contributed by atoms with van der Waals surface area (Å²) < 4.78 is 13.5. The van der Waals surface area contributed by atoms with Crippen molar-refractivity contribution in [2.24, 2.45) is 5.92 Å². The molecule has 2 aliphatic rings. The van der Waals surface area contributed by atoms with Gasteiger partial charge in [-0.1, -0.05) is 18.6 Å². The standard InChI is InChI=1S/C17H20FNO3/c18-14-6-1-5-13(10-14)17(7-3-8-17)16(22)19-9-2-4-12(11-19)15(20)21/h1,5-6,10,12H,2-4,7-9,11H2,(H,20,21)/t12-/m0/s1. The molecule has 1 N–H and O–H groups in total. The molecule has 0 spiro atoms. The number of hydrogen-bond acceptors (Lipinski definition) is 2. The molecule has 2 fully saturated rings. The summed E-state index contributed by atoms with van der Waals surface area (Å²) >= 11 is 0. The summed E-state index contributed by atoms with van der Waals surface area (Å²) in [4.78, 5) is 25.8. The minimum absolute atomic E-state index is 0.0321. The van der Waals surface area contributed by atoms with Crippen molar-refractivity contribution in [2.45, 2.75) is 37.5 Å². The van der Waals surface area contributed by atoms with Gasteiger partial charge in [-0.2, -0.15) is 0 Å². The monoisotopic (exact) mass is 305 g/mol. The van der Waals surface area contributed by atoms with E-state index in [1.54, 1.807) is 17.0 Å². The normalized spacial score (nSPS) is 23.7. The lowest BCUT2D eigenvalue weighted by Crippen LogP contribution is -2.54. The van der Waals surface area contributed by atoms with Crippen LogP contribution in [0.3, 0.4) is 0 Å². The Kier molecular flexibility index (Phi) is 3.89. The molecule has 0 radical (unpaired) electrons. The van der Waals surface area contributed by atoms with E-state index in [1.165, 1.54) is 12.1 Å². The predicted octanol–water partition coefficient (Wildman–Crippen LogP) is 2.57. The molecule has 1 atom stereocenters. The van der Waals surface area contributed by atoms with E-state index >= 15 is 0 Å². The third-order valence-electron chi connectivity index (χ3n) is 5.05. The zero-order chi connectivity index (χ0) is 15.7. The molecule has 1 aromatic rings. The smallest absolute Gasteiger partial charge is 0.308 e. The Hall–Kier alpha value is -1.91. The number of carbonyl (C=O) groups is 2. The van der Waals surface area contributed by atoms with Crippen molar-refractivity contribution < 1.29 is 19.1 Å². The average Bonchev–Trinajstić information content (AvgIpc) is 2.46. The van der Waals surface area contributed by atoms with Crippen LogP contribution in [0, 0.1) is 11.7 Å². The van der Waals surface area contributed by atoms with Crippen molar-refractivity contribution in [1.29, 1.82) is 0 Å². The van der Waals surface area contributed by atoms with E-state index in [2.05, 4.69) is 0 Å². The maximum absolute atomic E-state index is 13.5. The van der Waals surface area contributed by atoms with Crippen molar-refractivity contribution in [3.63, 3.8) is 0 Å². The Morgan fingerprint density at radius 2 is 2.05 bits per heavy atom. The molecule has 1 saturated heterocycles. The number of halogens is 1. The first-order chi connectivity index (χ1) is 10.5. The second-order valence-corrected chi connectivity index (χ2v) is 6.37. The largest absolute Gasteiger partial charge is 0.481 e. The second kappa shape index (κ2) is 5.71. The molecule has 0 unspecified atom stereocenters. The van der Waals surface area contributed by atoms with Crippen LogP contribution in [-0.2, 0) is 15.0 Å². The Bertz CT molecular complexity index is 597. The summed E-state index contributed by atoms with van der Waals surface area (Å²) in [6.07, 6.45) is 3.69. The van der Waals surface area contributed by atoms with Gasteiger partial charge in [0.25, 0.3) is 0 Å². The van der Waals surface area contributed by atoms with Gasteiger partial charge in [-0.3, -0.25) is 9.59 Å². The van der Waals surface area contributed by atoms with Crippen LogP contribution in [0.2, 0.25) is 0 Å². The molecule has 0 bridgehead atoms. The first-order valence-electron chi connectivity index (χ1n) is 7.81. The highest BCUT2D eigenvalue weighted by molar-refractivity contribution is 5.89. The van der Waals surface area contributed by atoms with Gasteiger partial charge >= 0.3 is 5.97 Å². The molecule has 3 rings (SSSR count). The molecule has 22 heavy (non-hydrogen) atoms. The van der Waals surface area contributed by atoms with Gasteiger partial charge < -0.3 is 10.0 Å². The highest BCUT2D eigenvalue weighted by Crippen LogP contribution is 2.45. The van der Waals surface area contributed by atoms with Crippen molar-refractivity contribution >= 4 is 11.9 Å². The topological polar surface area (TPSA) is 57.6 Å². The highest BCUT2D eigenvalue weighted by Gasteiger charge is 2.48. The van der Waals surface area contributed by atoms with Crippen LogP contribution in [0.5, 0.6) is 0 Å². The van der Waals surface area contributed by atoms with Crippen molar-refractivity contribution in [2.75, 3.05) is 13.1 Å². The zero-order valence-corrected chi connectivity index (χ0v) is 12.4. The fourth-order valence-corrected chi connectivity index (χ4v) is 3.61. The van der Waals surface area contributed by atoms with E-state index in [0.29, 0.717) is 32.2 Å². The van der Waals surface area contributed by atoms with Crippen molar-refractivity contribution in [3.05, 3.63) is 35.6 Å². The lowest BCUT2D eigenvalue weighted by Gasteiger charge is -2.45. The quantitative estimate of drug-likeness (QED) is 0.933. The SMILES string of the molecule is O=C(O)[C@H]1CCCN(C(=O)C2(c3cccc(F)c3)CCC2)C1. The van der Waals surface area contributed by atoms with Gasteiger partial charge in [-0.05, 0) is 43.4 Å². The number of rotatable bonds is 3. The second-order valence-electron chi connectivity index (χ2n) is 6.37. The number of hydrogen-bond donors (Lipinski definition) is 1. The molecule has 1 heterocycles. The predicted molar refractivity (Wildman–Crippen MR) is 78.9 cm³/mol. The Labute approximate surface area is 128 Å². The third-order valence-corrected chi connectivity index (χ3v) is 5.05. The number of benzene rings is 1. The summed E-state index contributed by atoms with van der Waals surface area (Å²) in [6, 6.07) is 6.25. The molecule has 1 aliphatic heterocycles. The molecular weight excluding hydrogens is 285 g/mol. The molecule has 0 aromatic heterocycles. The van der Waals surface area contributed by atoms with Crippen LogP contribution in [0.25, 0.3) is 0 Å². The van der Waals surface area contributed by atoms with E-state index in [4.69, 9.17) is 0 Å². The maximum Gasteiger partial charge on any atom is 0.308 e. The van der Waals surface area contributed by atoms with E-state index in [1.807, 2.05) is 0 Å². The molecule has 4 nitrogen and oxygen atoms in total. The van der Waals surface area contributed by atoms with Crippen LogP contribution in [0.1, 0.15) is 37.7 Å². The fraction of sp³-hybridized carbons (Fsp3) is 0.529. The van der Waals surface area contributed by atoms with Crippen molar-refractivity contribution in [1.82, 2.24) is 4.90 Å². The summed E-state index contributed by atoms with van der Waals surface area (Å²) in [6.45, 7) is 0.866. The molecule has 1 aliphatic carbocycles. The number of carboxylic acid groups (broad SMARTS) is 1. The number of piperidine rings is 1. The van der Waals surface area contributed by atoms with E-state index < -0.39 is 17.3 Å². The first-order valence-corrected chi connectivity index (χ1v) is 7.81. The minimum atomic E-state index is -0.842. The van der Waals surface area contributed by atoms with E-state index in [9.17, 15) is 19.1 Å². The zero-order valence-electron chi connectivity index (χ0n) is 12.4. The number of amides is 1. The van der Waals surface area contributed by atoms with Gasteiger partial charge in [-0.25, -0.2) is 4.39 Å².